The van der Waals surface area contributed by atoms with Crippen LogP contribution in [0.15, 0.2) is 36.4 Å². The van der Waals surface area contributed by atoms with Gasteiger partial charge in [0.2, 0.25) is 5.91 Å². The molecule has 0 saturated carbocycles. The van der Waals surface area contributed by atoms with Gasteiger partial charge in [-0.3, -0.25) is 14.6 Å². The number of aliphatic hydroxyl groups is 1. The van der Waals surface area contributed by atoms with Crippen LogP contribution < -0.4 is 10.1 Å². The minimum atomic E-state index is -0.601. The van der Waals surface area contributed by atoms with Gasteiger partial charge in [0.15, 0.2) is 0 Å². The van der Waals surface area contributed by atoms with Crippen molar-refractivity contribution in [1.29, 1.82) is 0 Å². The highest BCUT2D eigenvalue weighted by atomic mass is 32.1. The number of thiazole rings is 1. The summed E-state index contributed by atoms with van der Waals surface area (Å²) in [4.78, 5) is 21.8. The molecule has 1 aliphatic rings. The molecule has 1 aliphatic heterocycles. The maximum Gasteiger partial charge on any atom is 0.238 e. The number of fused-ring (bicyclic) bond motifs is 1. The molecule has 3 aromatic rings. The summed E-state index contributed by atoms with van der Waals surface area (Å²) in [5, 5.41) is 14.8. The molecular weight excluding hydrogens is 460 g/mol. The maximum absolute atomic E-state index is 12.8. The fourth-order valence-electron chi connectivity index (χ4n) is 4.75. The Morgan fingerprint density at radius 2 is 1.83 bits per heavy atom. The summed E-state index contributed by atoms with van der Waals surface area (Å²) < 4.78 is 7.00. The summed E-state index contributed by atoms with van der Waals surface area (Å²) >= 11 is 1.66. The number of aryl methyl sites for hydroxylation is 3. The zero-order valence-corrected chi connectivity index (χ0v) is 22.1. The molecule has 188 valence electrons. The van der Waals surface area contributed by atoms with Crippen LogP contribution in [0.25, 0.3) is 10.2 Å². The summed E-state index contributed by atoms with van der Waals surface area (Å²) in [7, 11) is 0. The zero-order chi connectivity index (χ0) is 25.1. The highest BCUT2D eigenvalue weighted by Crippen LogP contribution is 2.26. The van der Waals surface area contributed by atoms with Crippen molar-refractivity contribution in [3.8, 4) is 5.75 Å². The van der Waals surface area contributed by atoms with Crippen LogP contribution in [0.5, 0.6) is 5.75 Å². The van der Waals surface area contributed by atoms with E-state index >= 15 is 0 Å². The van der Waals surface area contributed by atoms with Crippen molar-refractivity contribution in [1.82, 2.24) is 14.8 Å². The number of aliphatic hydroxyl groups excluding tert-OH is 1. The Bertz CT molecular complexity index is 1160. The summed E-state index contributed by atoms with van der Waals surface area (Å²) in [5.74, 6) is 0.735. The van der Waals surface area contributed by atoms with E-state index in [1.165, 1.54) is 0 Å². The average molecular weight is 497 g/mol. The van der Waals surface area contributed by atoms with Crippen LogP contribution in [0.1, 0.15) is 30.0 Å². The number of aromatic nitrogens is 1. The van der Waals surface area contributed by atoms with E-state index in [2.05, 4.69) is 33.9 Å². The van der Waals surface area contributed by atoms with Crippen LogP contribution in [-0.4, -0.2) is 76.8 Å². The Morgan fingerprint density at radius 1 is 1.14 bits per heavy atom. The van der Waals surface area contributed by atoms with E-state index < -0.39 is 6.10 Å². The van der Waals surface area contributed by atoms with Crippen molar-refractivity contribution in [2.24, 2.45) is 0 Å². The first-order valence-corrected chi connectivity index (χ1v) is 13.0. The third-order valence-corrected chi connectivity index (χ3v) is 7.64. The molecule has 1 amide bonds. The molecule has 1 fully saturated rings. The largest absolute Gasteiger partial charge is 0.491 e. The number of carbonyl (C=O) groups is 1. The number of amides is 1. The van der Waals surface area contributed by atoms with Gasteiger partial charge in [0, 0.05) is 43.5 Å². The first-order valence-electron chi connectivity index (χ1n) is 12.2. The lowest BCUT2D eigenvalue weighted by atomic mass is 10.1. The third kappa shape index (κ3) is 6.38. The van der Waals surface area contributed by atoms with E-state index in [0.717, 1.165) is 50.9 Å². The van der Waals surface area contributed by atoms with Crippen molar-refractivity contribution in [2.45, 2.75) is 52.8 Å². The van der Waals surface area contributed by atoms with Gasteiger partial charge in [-0.2, -0.15) is 0 Å². The smallest absolute Gasteiger partial charge is 0.238 e. The first-order chi connectivity index (χ1) is 16.7. The number of benzene rings is 2. The van der Waals surface area contributed by atoms with Crippen molar-refractivity contribution >= 4 is 33.1 Å². The molecule has 35 heavy (non-hydrogen) atoms. The van der Waals surface area contributed by atoms with E-state index in [4.69, 9.17) is 4.74 Å². The number of nitrogens with zero attached hydrogens (tertiary/aromatic N) is 3. The third-order valence-electron chi connectivity index (χ3n) is 6.69. The Hall–Kier alpha value is -2.52. The molecule has 0 spiro atoms. The Balaban J connectivity index is 1.26. The number of hydrogen-bond acceptors (Lipinski definition) is 7. The summed E-state index contributed by atoms with van der Waals surface area (Å²) in [5.41, 5.74) is 3.98. The minimum absolute atomic E-state index is 0.00982. The number of β-amino-alcohol motifs (C(OH)–C–C–N with tert-alkyl or cyclic N) is 1. The number of rotatable bonds is 8. The lowest BCUT2D eigenvalue weighted by Crippen LogP contribution is -2.59. The number of para-hydroxylation sites is 1. The van der Waals surface area contributed by atoms with Gasteiger partial charge in [0.1, 0.15) is 18.5 Å². The minimum Gasteiger partial charge on any atom is -0.491 e. The SMILES string of the molecule is Cc1nc2cc(OC[C@H](O)CN3CC(C)N(CC(=O)Nc4c(C)cccc4C)CC3C)ccc2s1. The van der Waals surface area contributed by atoms with Crippen LogP contribution >= 0.6 is 11.3 Å². The molecule has 2 unspecified atom stereocenters. The molecule has 7 nitrogen and oxygen atoms in total. The summed E-state index contributed by atoms with van der Waals surface area (Å²) in [6, 6.07) is 12.3. The first kappa shape index (κ1) is 25.6. The second-order valence-corrected chi connectivity index (χ2v) is 11.0. The van der Waals surface area contributed by atoms with Gasteiger partial charge >= 0.3 is 0 Å². The second-order valence-electron chi connectivity index (χ2n) is 9.72. The molecule has 1 saturated heterocycles. The molecule has 2 N–H and O–H groups in total. The predicted molar refractivity (Wildman–Crippen MR) is 142 cm³/mol. The van der Waals surface area contributed by atoms with E-state index in [-0.39, 0.29) is 24.6 Å². The molecule has 2 heterocycles. The van der Waals surface area contributed by atoms with Crippen molar-refractivity contribution in [3.63, 3.8) is 0 Å². The molecular formula is C27H36N4O3S. The highest BCUT2D eigenvalue weighted by Gasteiger charge is 2.31. The van der Waals surface area contributed by atoms with E-state index in [1.807, 2.05) is 57.2 Å². The van der Waals surface area contributed by atoms with Crippen molar-refractivity contribution in [2.75, 3.05) is 38.1 Å². The lowest BCUT2D eigenvalue weighted by Gasteiger charge is -2.44. The molecule has 0 bridgehead atoms. The maximum atomic E-state index is 12.8. The summed E-state index contributed by atoms with van der Waals surface area (Å²) in [6.45, 7) is 13.0. The van der Waals surface area contributed by atoms with Crippen LogP contribution in [-0.2, 0) is 4.79 Å². The average Bonchev–Trinajstić information content (AvgIpc) is 3.17. The molecule has 2 aromatic carbocycles. The zero-order valence-electron chi connectivity index (χ0n) is 21.2. The molecule has 8 heteroatoms. The van der Waals surface area contributed by atoms with Gasteiger partial charge in [-0.05, 0) is 57.9 Å². The predicted octanol–water partition coefficient (Wildman–Crippen LogP) is 3.99. The van der Waals surface area contributed by atoms with Gasteiger partial charge in [-0.15, -0.1) is 11.3 Å². The van der Waals surface area contributed by atoms with Crippen LogP contribution in [0.2, 0.25) is 0 Å². The van der Waals surface area contributed by atoms with E-state index in [1.54, 1.807) is 11.3 Å². The second kappa shape index (κ2) is 11.0. The molecule has 3 atom stereocenters. The lowest BCUT2D eigenvalue weighted by molar-refractivity contribution is -0.119. The highest BCUT2D eigenvalue weighted by molar-refractivity contribution is 7.18. The standard InChI is InChI=1S/C27H36N4O3S/c1-17-7-6-8-18(2)27(17)29-26(33)15-31-13-19(3)30(12-20(31)4)14-22(32)16-34-23-9-10-25-24(11-23)28-21(5)35-25/h6-11,19-20,22,32H,12-16H2,1-5H3,(H,29,33)/t19?,20?,22-/m1/s1. The Kier molecular flexibility index (Phi) is 8.06. The van der Waals surface area contributed by atoms with E-state index in [9.17, 15) is 9.90 Å². The van der Waals surface area contributed by atoms with Gasteiger partial charge in [0.25, 0.3) is 0 Å². The van der Waals surface area contributed by atoms with Gasteiger partial charge in [-0.25, -0.2) is 4.98 Å². The fourth-order valence-corrected chi connectivity index (χ4v) is 5.56. The quantitative estimate of drug-likeness (QED) is 0.491. The topological polar surface area (TPSA) is 77.9 Å². The molecule has 0 aliphatic carbocycles. The normalized spacial score (nSPS) is 20.2. The number of piperazine rings is 1. The molecule has 4 rings (SSSR count). The van der Waals surface area contributed by atoms with Gasteiger partial charge < -0.3 is 15.2 Å². The van der Waals surface area contributed by atoms with Crippen LogP contribution in [0.4, 0.5) is 5.69 Å². The van der Waals surface area contributed by atoms with E-state index in [0.29, 0.717) is 13.1 Å². The summed E-state index contributed by atoms with van der Waals surface area (Å²) in [6.07, 6.45) is -0.601. The van der Waals surface area contributed by atoms with Gasteiger partial charge in [-0.1, -0.05) is 18.2 Å². The number of nitrogens with one attached hydrogen (secondary N) is 1. The number of ether oxygens (including phenoxy) is 1. The number of carbonyl (C=O) groups excluding carboxylic acids is 1. The van der Waals surface area contributed by atoms with Crippen molar-refractivity contribution in [3.05, 3.63) is 52.5 Å². The Labute approximate surface area is 211 Å². The monoisotopic (exact) mass is 496 g/mol. The van der Waals surface area contributed by atoms with Crippen LogP contribution in [0.3, 0.4) is 0 Å². The van der Waals surface area contributed by atoms with Gasteiger partial charge in [0.05, 0.1) is 21.8 Å². The molecule has 0 radical (unpaired) electrons. The fraction of sp³-hybridized carbons (Fsp3) is 0.481. The number of hydrogen-bond donors (Lipinski definition) is 2. The number of anilines is 1. The van der Waals surface area contributed by atoms with Crippen LogP contribution in [0, 0.1) is 20.8 Å². The molecule has 1 aromatic heterocycles. The Morgan fingerprint density at radius 3 is 2.57 bits per heavy atom. The van der Waals surface area contributed by atoms with Crippen molar-refractivity contribution < 1.29 is 14.6 Å².